The number of halogens is 1. The minimum Gasteiger partial charge on any atom is -0.462 e. The number of aromatic nitrogens is 2. The molecule has 0 saturated carbocycles. The highest BCUT2D eigenvalue weighted by atomic mass is 35.5. The second kappa shape index (κ2) is 7.04. The van der Waals surface area contributed by atoms with Crippen LogP contribution in [0, 0.1) is 0 Å². The molecule has 2 rings (SSSR count). The summed E-state index contributed by atoms with van der Waals surface area (Å²) in [4.78, 5) is 19.8. The first-order chi connectivity index (χ1) is 10.1. The van der Waals surface area contributed by atoms with Crippen molar-refractivity contribution in [3.63, 3.8) is 0 Å². The topological polar surface area (TPSA) is 64.1 Å². The smallest absolute Gasteiger partial charge is 0.343 e. The van der Waals surface area contributed by atoms with Gasteiger partial charge in [-0.15, -0.1) is 0 Å². The molecule has 1 atom stereocenters. The van der Waals surface area contributed by atoms with Gasteiger partial charge in [-0.05, 0) is 31.0 Å². The van der Waals surface area contributed by atoms with E-state index in [1.165, 1.54) is 6.20 Å². The number of hydrogen-bond donors (Lipinski definition) is 1. The van der Waals surface area contributed by atoms with Crippen molar-refractivity contribution < 1.29 is 9.53 Å². The van der Waals surface area contributed by atoms with Crippen molar-refractivity contribution in [3.8, 4) is 0 Å². The summed E-state index contributed by atoms with van der Waals surface area (Å²) >= 11 is 5.81. The molecule has 0 amide bonds. The average Bonchev–Trinajstić information content (AvgIpc) is 2.48. The van der Waals surface area contributed by atoms with Crippen LogP contribution in [0.4, 0.5) is 5.82 Å². The van der Waals surface area contributed by atoms with Gasteiger partial charge in [-0.2, -0.15) is 4.98 Å². The Morgan fingerprint density at radius 3 is 2.76 bits per heavy atom. The minimum atomic E-state index is -0.475. The van der Waals surface area contributed by atoms with Crippen molar-refractivity contribution in [1.29, 1.82) is 0 Å². The molecule has 5 nitrogen and oxygen atoms in total. The Morgan fingerprint density at radius 2 is 2.10 bits per heavy atom. The van der Waals surface area contributed by atoms with Crippen LogP contribution < -0.4 is 5.32 Å². The van der Waals surface area contributed by atoms with Crippen LogP contribution in [0.3, 0.4) is 0 Å². The Labute approximate surface area is 128 Å². The zero-order valence-corrected chi connectivity index (χ0v) is 12.6. The number of carbonyl (C=O) groups is 1. The van der Waals surface area contributed by atoms with Crippen molar-refractivity contribution in [1.82, 2.24) is 9.97 Å². The molecule has 0 radical (unpaired) electrons. The molecule has 2 aromatic rings. The molecule has 0 aliphatic carbocycles. The van der Waals surface area contributed by atoms with E-state index in [4.69, 9.17) is 16.3 Å². The highest BCUT2D eigenvalue weighted by Crippen LogP contribution is 2.22. The van der Waals surface area contributed by atoms with Crippen molar-refractivity contribution in [2.24, 2.45) is 0 Å². The predicted molar refractivity (Wildman–Crippen MR) is 81.5 cm³/mol. The lowest BCUT2D eigenvalue weighted by Crippen LogP contribution is -2.14. The number of nitrogens with one attached hydrogen (secondary N) is 1. The fraction of sp³-hybridized carbons (Fsp3) is 0.267. The van der Waals surface area contributed by atoms with Crippen LogP contribution in [0.15, 0.2) is 36.5 Å². The van der Waals surface area contributed by atoms with Crippen molar-refractivity contribution in [2.75, 3.05) is 11.9 Å². The van der Waals surface area contributed by atoms with Crippen LogP contribution in [-0.2, 0) is 4.74 Å². The van der Waals surface area contributed by atoms with Crippen LogP contribution in [0.25, 0.3) is 0 Å². The summed E-state index contributed by atoms with van der Waals surface area (Å²) in [6, 6.07) is 9.79. The van der Waals surface area contributed by atoms with E-state index in [9.17, 15) is 4.79 Å². The van der Waals surface area contributed by atoms with Gasteiger partial charge in [0.15, 0.2) is 0 Å². The summed E-state index contributed by atoms with van der Waals surface area (Å²) in [7, 11) is 0. The van der Waals surface area contributed by atoms with E-state index in [2.05, 4.69) is 15.3 Å². The standard InChI is InChI=1S/C15H16ClN3O2/c1-3-21-14(20)12-9-17-15(16)19-13(12)18-10(2)11-7-5-4-6-8-11/h4-10H,3H2,1-2H3,(H,17,18,19)/t10-/m1/s1. The number of anilines is 1. The van der Waals surface area contributed by atoms with E-state index < -0.39 is 5.97 Å². The number of nitrogens with zero attached hydrogens (tertiary/aromatic N) is 2. The summed E-state index contributed by atoms with van der Waals surface area (Å²) in [5.74, 6) is -0.110. The van der Waals surface area contributed by atoms with Gasteiger partial charge in [0, 0.05) is 12.2 Å². The van der Waals surface area contributed by atoms with Gasteiger partial charge >= 0.3 is 5.97 Å². The third-order valence-electron chi connectivity index (χ3n) is 2.91. The molecule has 1 heterocycles. The number of ether oxygens (including phenoxy) is 1. The zero-order valence-electron chi connectivity index (χ0n) is 11.8. The van der Waals surface area contributed by atoms with Gasteiger partial charge in [-0.3, -0.25) is 0 Å². The molecule has 1 aromatic carbocycles. The van der Waals surface area contributed by atoms with Gasteiger partial charge in [-0.25, -0.2) is 9.78 Å². The molecule has 0 fully saturated rings. The first-order valence-electron chi connectivity index (χ1n) is 6.63. The van der Waals surface area contributed by atoms with E-state index in [-0.39, 0.29) is 23.5 Å². The largest absolute Gasteiger partial charge is 0.462 e. The number of esters is 1. The maximum Gasteiger partial charge on any atom is 0.343 e. The lowest BCUT2D eigenvalue weighted by molar-refractivity contribution is 0.0526. The molecular weight excluding hydrogens is 290 g/mol. The molecule has 1 N–H and O–H groups in total. The molecule has 0 bridgehead atoms. The fourth-order valence-corrected chi connectivity index (χ4v) is 1.99. The molecule has 21 heavy (non-hydrogen) atoms. The second-order valence-corrected chi connectivity index (χ2v) is 4.74. The van der Waals surface area contributed by atoms with Crippen molar-refractivity contribution in [3.05, 3.63) is 52.9 Å². The molecule has 0 spiro atoms. The van der Waals surface area contributed by atoms with E-state index in [1.54, 1.807) is 6.92 Å². The Bertz CT molecular complexity index is 620. The molecule has 0 unspecified atom stereocenters. The summed E-state index contributed by atoms with van der Waals surface area (Å²) in [6.07, 6.45) is 1.37. The summed E-state index contributed by atoms with van der Waals surface area (Å²) in [5.41, 5.74) is 1.34. The van der Waals surface area contributed by atoms with E-state index in [0.29, 0.717) is 5.82 Å². The monoisotopic (exact) mass is 305 g/mol. The normalized spacial score (nSPS) is 11.8. The summed E-state index contributed by atoms with van der Waals surface area (Å²) in [5, 5.41) is 3.25. The van der Waals surface area contributed by atoms with E-state index >= 15 is 0 Å². The number of carbonyl (C=O) groups excluding carboxylic acids is 1. The Balaban J connectivity index is 2.26. The molecule has 0 saturated heterocycles. The average molecular weight is 306 g/mol. The van der Waals surface area contributed by atoms with Gasteiger partial charge in [0.25, 0.3) is 0 Å². The molecule has 0 aliphatic rings. The van der Waals surface area contributed by atoms with Gasteiger partial charge in [0.05, 0.1) is 6.61 Å². The molecule has 1 aromatic heterocycles. The second-order valence-electron chi connectivity index (χ2n) is 4.40. The number of rotatable bonds is 5. The maximum atomic E-state index is 11.9. The lowest BCUT2D eigenvalue weighted by atomic mass is 10.1. The number of benzene rings is 1. The van der Waals surface area contributed by atoms with Crippen molar-refractivity contribution >= 4 is 23.4 Å². The van der Waals surface area contributed by atoms with Crippen LogP contribution in [0.5, 0.6) is 0 Å². The van der Waals surface area contributed by atoms with Crippen LogP contribution in [0.1, 0.15) is 35.8 Å². The van der Waals surface area contributed by atoms with Crippen LogP contribution in [-0.4, -0.2) is 22.5 Å². The van der Waals surface area contributed by atoms with E-state index in [1.807, 2.05) is 37.3 Å². The summed E-state index contributed by atoms with van der Waals surface area (Å²) in [6.45, 7) is 4.00. The molecule has 6 heteroatoms. The first kappa shape index (κ1) is 15.3. The van der Waals surface area contributed by atoms with Crippen LogP contribution in [0.2, 0.25) is 5.28 Å². The molecule has 0 aliphatic heterocycles. The van der Waals surface area contributed by atoms with Gasteiger partial charge < -0.3 is 10.1 Å². The SMILES string of the molecule is CCOC(=O)c1cnc(Cl)nc1N[C@H](C)c1ccccc1. The van der Waals surface area contributed by atoms with E-state index in [0.717, 1.165) is 5.56 Å². The Morgan fingerprint density at radius 1 is 1.38 bits per heavy atom. The predicted octanol–water partition coefficient (Wildman–Crippen LogP) is 3.48. The molecule has 110 valence electrons. The minimum absolute atomic E-state index is 0.0367. The summed E-state index contributed by atoms with van der Waals surface area (Å²) < 4.78 is 4.99. The Kier molecular flexibility index (Phi) is 5.11. The first-order valence-corrected chi connectivity index (χ1v) is 7.00. The third kappa shape index (κ3) is 3.92. The maximum absolute atomic E-state index is 11.9. The highest BCUT2D eigenvalue weighted by molar-refractivity contribution is 6.28. The van der Waals surface area contributed by atoms with Gasteiger partial charge in [0.2, 0.25) is 5.28 Å². The quantitative estimate of drug-likeness (QED) is 0.677. The van der Waals surface area contributed by atoms with Gasteiger partial charge in [0.1, 0.15) is 11.4 Å². The molecular formula is C15H16ClN3O2. The number of hydrogen-bond acceptors (Lipinski definition) is 5. The van der Waals surface area contributed by atoms with Crippen LogP contribution >= 0.6 is 11.6 Å². The van der Waals surface area contributed by atoms with Gasteiger partial charge in [-0.1, -0.05) is 30.3 Å². The van der Waals surface area contributed by atoms with Crippen molar-refractivity contribution in [2.45, 2.75) is 19.9 Å². The third-order valence-corrected chi connectivity index (χ3v) is 3.09. The zero-order chi connectivity index (χ0) is 15.2. The lowest BCUT2D eigenvalue weighted by Gasteiger charge is -2.16. The Hall–Kier alpha value is -2.14. The fourth-order valence-electron chi connectivity index (χ4n) is 1.86. The highest BCUT2D eigenvalue weighted by Gasteiger charge is 2.17.